The zero-order valence-electron chi connectivity index (χ0n) is 14.6. The summed E-state index contributed by atoms with van der Waals surface area (Å²) in [7, 11) is 0. The van der Waals surface area contributed by atoms with Gasteiger partial charge in [-0.3, -0.25) is 0 Å². The number of halogens is 1. The van der Waals surface area contributed by atoms with Crippen LogP contribution in [0.15, 0.2) is 12.1 Å². The molecule has 0 aromatic heterocycles. The zero-order chi connectivity index (χ0) is 18.4. The quantitative estimate of drug-likeness (QED) is 0.753. The van der Waals surface area contributed by atoms with Gasteiger partial charge in [0.2, 0.25) is 0 Å². The van der Waals surface area contributed by atoms with Crippen LogP contribution in [0.2, 0.25) is 0 Å². The van der Waals surface area contributed by atoms with Crippen LogP contribution >= 0.6 is 0 Å². The first-order valence-corrected chi connectivity index (χ1v) is 8.31. The van der Waals surface area contributed by atoms with Crippen molar-refractivity contribution >= 4 is 11.8 Å². The number of amides is 1. The number of nitrogens with one attached hydrogen (secondary N) is 1. The molecule has 1 aromatic carbocycles. The molecule has 2 aliphatic rings. The van der Waals surface area contributed by atoms with Gasteiger partial charge in [-0.25, -0.2) is 14.4 Å². The summed E-state index contributed by atoms with van der Waals surface area (Å²) >= 11 is 0. The highest BCUT2D eigenvalue weighted by Crippen LogP contribution is 2.42. The topological polar surface area (TPSA) is 86.5 Å². The van der Waals surface area contributed by atoms with E-state index in [-0.39, 0.29) is 11.8 Å². The molecule has 25 heavy (non-hydrogen) atoms. The molecule has 138 valence electrons. The van der Waals surface area contributed by atoms with Crippen LogP contribution < -0.4 is 9.96 Å². The van der Waals surface area contributed by atoms with E-state index in [9.17, 15) is 14.4 Å². The Morgan fingerprint density at radius 3 is 2.60 bits per heavy atom. The van der Waals surface area contributed by atoms with Crippen molar-refractivity contribution in [3.05, 3.63) is 28.7 Å². The van der Waals surface area contributed by atoms with Crippen LogP contribution in [0.3, 0.4) is 0 Å². The van der Waals surface area contributed by atoms with Crippen molar-refractivity contribution in [2.75, 3.05) is 13.1 Å². The lowest BCUT2D eigenvalue weighted by atomic mass is 9.87. The van der Waals surface area contributed by atoms with Crippen LogP contribution in [-0.4, -0.2) is 40.5 Å². The predicted molar refractivity (Wildman–Crippen MR) is 86.3 cm³/mol. The van der Waals surface area contributed by atoms with Crippen molar-refractivity contribution in [3.63, 3.8) is 0 Å². The van der Waals surface area contributed by atoms with E-state index in [0.717, 1.165) is 6.07 Å². The van der Waals surface area contributed by atoms with Crippen LogP contribution in [0, 0.1) is 11.0 Å². The second-order valence-electron chi connectivity index (χ2n) is 7.67. The third-order valence-corrected chi connectivity index (χ3v) is 4.55. The number of benzene rings is 1. The van der Waals surface area contributed by atoms with Crippen LogP contribution in [0.25, 0.3) is 0 Å². The number of ether oxygens (including phenoxy) is 2. The largest absolute Gasteiger partial charge is 0.595 e. The normalized spacial score (nSPS) is 20.2. The van der Waals surface area contributed by atoms with Crippen molar-refractivity contribution in [1.82, 2.24) is 4.90 Å². The molecule has 0 saturated carbocycles. The van der Waals surface area contributed by atoms with E-state index in [1.165, 1.54) is 6.07 Å². The maximum atomic E-state index is 13.8. The average molecular weight is 354 g/mol. The SMILES string of the molecule is CC(C)(C)OC(=O)N1CCC2(CC1)Cc1cc([NH+]([O-])O)c(F)cc1O2. The summed E-state index contributed by atoms with van der Waals surface area (Å²) < 4.78 is 25.2. The summed E-state index contributed by atoms with van der Waals surface area (Å²) in [6.45, 7) is 6.43. The molecular weight excluding hydrogens is 331 g/mol. The van der Waals surface area contributed by atoms with Crippen molar-refractivity contribution in [2.45, 2.75) is 51.2 Å². The fourth-order valence-electron chi connectivity index (χ4n) is 3.32. The molecule has 1 saturated heterocycles. The average Bonchev–Trinajstić information content (AvgIpc) is 2.81. The maximum Gasteiger partial charge on any atom is 0.410 e. The van der Waals surface area contributed by atoms with Crippen molar-refractivity contribution in [2.24, 2.45) is 0 Å². The number of piperidine rings is 1. The Labute approximate surface area is 145 Å². The molecule has 1 fully saturated rings. The van der Waals surface area contributed by atoms with Gasteiger partial charge in [0.05, 0.1) is 0 Å². The number of carbonyl (C=O) groups is 1. The fourth-order valence-corrected chi connectivity index (χ4v) is 3.32. The van der Waals surface area contributed by atoms with Gasteiger partial charge in [-0.15, -0.1) is 0 Å². The highest BCUT2D eigenvalue weighted by Gasteiger charge is 2.44. The Bertz CT molecular complexity index is 678. The Morgan fingerprint density at radius 1 is 1.40 bits per heavy atom. The van der Waals surface area contributed by atoms with Crippen molar-refractivity contribution in [1.29, 1.82) is 0 Å². The first-order valence-electron chi connectivity index (χ1n) is 8.31. The zero-order valence-corrected chi connectivity index (χ0v) is 14.6. The van der Waals surface area contributed by atoms with Crippen LogP contribution in [0.4, 0.5) is 14.9 Å². The van der Waals surface area contributed by atoms with Gasteiger partial charge in [-0.2, -0.15) is 5.23 Å². The number of quaternary nitrogens is 1. The highest BCUT2D eigenvalue weighted by molar-refractivity contribution is 5.68. The lowest BCUT2D eigenvalue weighted by Crippen LogP contribution is -2.99. The summed E-state index contributed by atoms with van der Waals surface area (Å²) in [5, 5.41) is 18.8. The number of hydrogen-bond acceptors (Lipinski definition) is 5. The number of carbonyl (C=O) groups excluding carboxylic acids is 1. The molecule has 3 rings (SSSR count). The highest BCUT2D eigenvalue weighted by atomic mass is 19.1. The van der Waals surface area contributed by atoms with E-state index >= 15 is 0 Å². The molecule has 2 N–H and O–H groups in total. The minimum atomic E-state index is -1.29. The first-order chi connectivity index (χ1) is 11.6. The molecule has 7 nitrogen and oxygen atoms in total. The minimum Gasteiger partial charge on any atom is -0.595 e. The van der Waals surface area contributed by atoms with Crippen LogP contribution in [-0.2, 0) is 11.2 Å². The number of fused-ring (bicyclic) bond motifs is 1. The van der Waals surface area contributed by atoms with Crippen LogP contribution in [0.1, 0.15) is 39.2 Å². The van der Waals surface area contributed by atoms with E-state index in [4.69, 9.17) is 14.7 Å². The lowest BCUT2D eigenvalue weighted by molar-refractivity contribution is -0.992. The van der Waals surface area contributed by atoms with Gasteiger partial charge in [0.15, 0.2) is 11.5 Å². The molecule has 1 unspecified atom stereocenters. The van der Waals surface area contributed by atoms with Crippen molar-refractivity contribution in [3.8, 4) is 5.75 Å². The molecular formula is C17H23FN2O5. The summed E-state index contributed by atoms with van der Waals surface area (Å²) in [6.07, 6.45) is 1.35. The third-order valence-electron chi connectivity index (χ3n) is 4.55. The molecule has 8 heteroatoms. The van der Waals surface area contributed by atoms with E-state index in [1.807, 2.05) is 20.8 Å². The molecule has 1 atom stereocenters. The second-order valence-corrected chi connectivity index (χ2v) is 7.67. The standard InChI is InChI=1S/C17H23FN2O5/c1-16(2,3)25-15(21)19-6-4-17(5-7-19)10-11-8-13(20(22)23)12(18)9-14(11)24-17/h8-9,20,22H,4-7,10H2,1-3H3. The van der Waals surface area contributed by atoms with Crippen LogP contribution in [0.5, 0.6) is 5.75 Å². The summed E-state index contributed by atoms with van der Waals surface area (Å²) in [6, 6.07) is 2.50. The van der Waals surface area contributed by atoms with Gasteiger partial charge in [0.25, 0.3) is 0 Å². The second kappa shape index (κ2) is 6.12. The summed E-state index contributed by atoms with van der Waals surface area (Å²) in [4.78, 5) is 13.8. The number of rotatable bonds is 1. The summed E-state index contributed by atoms with van der Waals surface area (Å²) in [5.41, 5.74) is -0.698. The Balaban J connectivity index is 1.68. The molecule has 0 bridgehead atoms. The fraction of sp³-hybridized carbons (Fsp3) is 0.588. The minimum absolute atomic E-state index is 0.342. The molecule has 1 spiro atoms. The maximum absolute atomic E-state index is 13.8. The van der Waals surface area contributed by atoms with Gasteiger partial charge in [-0.1, -0.05) is 0 Å². The first kappa shape index (κ1) is 17.9. The molecule has 1 aromatic rings. The number of nitrogens with zero attached hydrogens (tertiary/aromatic N) is 1. The van der Waals surface area contributed by atoms with E-state index in [1.54, 1.807) is 4.90 Å². The van der Waals surface area contributed by atoms with Gasteiger partial charge >= 0.3 is 6.09 Å². The van der Waals surface area contributed by atoms with E-state index in [2.05, 4.69) is 0 Å². The summed E-state index contributed by atoms with van der Waals surface area (Å²) in [5.74, 6) is -0.400. The van der Waals surface area contributed by atoms with Gasteiger partial charge in [0.1, 0.15) is 17.0 Å². The smallest absolute Gasteiger partial charge is 0.410 e. The Kier molecular flexibility index (Phi) is 4.38. The molecule has 1 amide bonds. The molecule has 0 radical (unpaired) electrons. The molecule has 0 aliphatic carbocycles. The van der Waals surface area contributed by atoms with Gasteiger partial charge < -0.3 is 19.6 Å². The van der Waals surface area contributed by atoms with Gasteiger partial charge in [-0.05, 0) is 20.8 Å². The Hall–Kier alpha value is -1.90. The monoisotopic (exact) mass is 354 g/mol. The number of hydrogen-bond donors (Lipinski definition) is 2. The van der Waals surface area contributed by atoms with E-state index in [0.29, 0.717) is 43.7 Å². The van der Waals surface area contributed by atoms with Gasteiger partial charge in [0, 0.05) is 50.0 Å². The van der Waals surface area contributed by atoms with Crippen molar-refractivity contribution < 1.29 is 29.1 Å². The van der Waals surface area contributed by atoms with E-state index < -0.39 is 22.2 Å². The third kappa shape index (κ3) is 3.70. The Morgan fingerprint density at radius 2 is 2.04 bits per heavy atom. The number of likely N-dealkylation sites (tertiary alicyclic amines) is 1. The predicted octanol–water partition coefficient (Wildman–Crippen LogP) is 1.93. The lowest BCUT2D eigenvalue weighted by Gasteiger charge is -2.39. The molecule has 2 aliphatic heterocycles. The molecule has 2 heterocycles.